The molecule has 0 radical (unpaired) electrons. The van der Waals surface area contributed by atoms with Gasteiger partial charge in [-0.05, 0) is 43.2 Å². The molecule has 0 saturated heterocycles. The quantitative estimate of drug-likeness (QED) is 0.569. The average molecular weight is 430 g/mol. The lowest BCUT2D eigenvalue weighted by Crippen LogP contribution is -2.32. The van der Waals surface area contributed by atoms with Gasteiger partial charge in [0.25, 0.3) is 11.8 Å². The number of hydrogen-bond acceptors (Lipinski definition) is 4. The van der Waals surface area contributed by atoms with Gasteiger partial charge in [0.05, 0.1) is 19.2 Å². The molecule has 4 rings (SSSR count). The molecule has 5 nitrogen and oxygen atoms in total. The minimum atomic E-state index is -0.514. The minimum Gasteiger partial charge on any atom is -0.496 e. The summed E-state index contributed by atoms with van der Waals surface area (Å²) >= 11 is 0. The van der Waals surface area contributed by atoms with Crippen LogP contribution in [-0.4, -0.2) is 23.8 Å². The van der Waals surface area contributed by atoms with Gasteiger partial charge in [-0.15, -0.1) is 0 Å². The number of carbonyl (C=O) groups is 2. The first kappa shape index (κ1) is 21.3. The number of carbonyl (C=O) groups excluding carboxylic acids is 2. The number of amides is 2. The summed E-state index contributed by atoms with van der Waals surface area (Å²) in [5.74, 6) is -1.02. The monoisotopic (exact) mass is 430 g/mol. The zero-order chi connectivity index (χ0) is 22.8. The highest BCUT2D eigenvalue weighted by Crippen LogP contribution is 2.36. The van der Waals surface area contributed by atoms with Gasteiger partial charge in [-0.25, -0.2) is 4.39 Å². The molecule has 0 aliphatic carbocycles. The third kappa shape index (κ3) is 3.87. The van der Waals surface area contributed by atoms with Crippen molar-refractivity contribution in [1.29, 1.82) is 0 Å². The molecule has 0 unspecified atom stereocenters. The largest absolute Gasteiger partial charge is 0.496 e. The van der Waals surface area contributed by atoms with E-state index < -0.39 is 17.6 Å². The lowest BCUT2D eigenvalue weighted by molar-refractivity contribution is -0.137. The van der Waals surface area contributed by atoms with Gasteiger partial charge < -0.3 is 10.1 Å². The standard InChI is InChI=1S/C26H23FN2O3/c1-16-12-13-17(2)21(14-16)28-24-23(19-9-5-7-11-22(19)32-3)25(30)29(26(24)31)15-18-8-4-6-10-20(18)27/h4-14,28H,15H2,1-3H3. The molecular weight excluding hydrogens is 407 g/mol. The molecule has 0 saturated carbocycles. The summed E-state index contributed by atoms with van der Waals surface area (Å²) in [5, 5.41) is 3.18. The highest BCUT2D eigenvalue weighted by molar-refractivity contribution is 6.37. The number of ether oxygens (including phenoxy) is 1. The molecule has 3 aromatic carbocycles. The van der Waals surface area contributed by atoms with Gasteiger partial charge >= 0.3 is 0 Å². The van der Waals surface area contributed by atoms with Gasteiger partial charge in [-0.2, -0.15) is 0 Å². The number of nitrogens with zero attached hydrogens (tertiary/aromatic N) is 1. The number of hydrogen-bond donors (Lipinski definition) is 1. The number of para-hydroxylation sites is 1. The fourth-order valence-corrected chi connectivity index (χ4v) is 3.74. The van der Waals surface area contributed by atoms with Crippen molar-refractivity contribution in [2.45, 2.75) is 20.4 Å². The van der Waals surface area contributed by atoms with Crippen molar-refractivity contribution in [2.75, 3.05) is 12.4 Å². The Morgan fingerprint density at radius 3 is 2.41 bits per heavy atom. The van der Waals surface area contributed by atoms with Crippen molar-refractivity contribution in [2.24, 2.45) is 0 Å². The third-order valence-corrected chi connectivity index (χ3v) is 5.48. The Labute approximate surface area is 186 Å². The molecule has 162 valence electrons. The SMILES string of the molecule is COc1ccccc1C1=C(Nc2cc(C)ccc2C)C(=O)N(Cc2ccccc2F)C1=O. The molecule has 0 fully saturated rings. The highest BCUT2D eigenvalue weighted by Gasteiger charge is 2.40. The van der Waals surface area contributed by atoms with Crippen LogP contribution in [0.2, 0.25) is 0 Å². The van der Waals surface area contributed by atoms with Gasteiger partial charge in [-0.1, -0.05) is 48.5 Å². The van der Waals surface area contributed by atoms with Crippen molar-refractivity contribution in [3.05, 3.63) is 100 Å². The van der Waals surface area contributed by atoms with Crippen molar-refractivity contribution in [1.82, 2.24) is 4.90 Å². The lowest BCUT2D eigenvalue weighted by atomic mass is 10.0. The van der Waals surface area contributed by atoms with E-state index in [-0.39, 0.29) is 23.4 Å². The van der Waals surface area contributed by atoms with Crippen molar-refractivity contribution >= 4 is 23.1 Å². The molecule has 32 heavy (non-hydrogen) atoms. The number of imide groups is 1. The zero-order valence-corrected chi connectivity index (χ0v) is 18.1. The summed E-state index contributed by atoms with van der Waals surface area (Å²) in [7, 11) is 1.51. The van der Waals surface area contributed by atoms with Crippen LogP contribution in [0.15, 0.2) is 72.4 Å². The van der Waals surface area contributed by atoms with E-state index in [1.54, 1.807) is 42.5 Å². The van der Waals surface area contributed by atoms with Crippen LogP contribution in [0.25, 0.3) is 5.57 Å². The van der Waals surface area contributed by atoms with Crippen LogP contribution in [0.1, 0.15) is 22.3 Å². The summed E-state index contributed by atoms with van der Waals surface area (Å²) < 4.78 is 19.7. The van der Waals surface area contributed by atoms with E-state index in [4.69, 9.17) is 4.74 Å². The Hall–Kier alpha value is -3.93. The molecule has 0 atom stereocenters. The topological polar surface area (TPSA) is 58.6 Å². The van der Waals surface area contributed by atoms with Gasteiger partial charge in [-0.3, -0.25) is 14.5 Å². The van der Waals surface area contributed by atoms with E-state index in [0.717, 1.165) is 21.7 Å². The molecule has 1 heterocycles. The van der Waals surface area contributed by atoms with Crippen molar-refractivity contribution < 1.29 is 18.7 Å². The molecule has 1 N–H and O–H groups in total. The van der Waals surface area contributed by atoms with Crippen LogP contribution in [0.3, 0.4) is 0 Å². The lowest BCUT2D eigenvalue weighted by Gasteiger charge is -2.16. The van der Waals surface area contributed by atoms with Crippen LogP contribution >= 0.6 is 0 Å². The van der Waals surface area contributed by atoms with Crippen LogP contribution in [0, 0.1) is 19.7 Å². The Kier molecular flexibility index (Phi) is 5.77. The number of rotatable bonds is 6. The first-order valence-corrected chi connectivity index (χ1v) is 10.2. The van der Waals surface area contributed by atoms with Crippen LogP contribution in [-0.2, 0) is 16.1 Å². The van der Waals surface area contributed by atoms with Crippen LogP contribution in [0.5, 0.6) is 5.75 Å². The Morgan fingerprint density at radius 1 is 0.938 bits per heavy atom. The normalized spacial score (nSPS) is 13.7. The first-order chi connectivity index (χ1) is 15.4. The Bertz CT molecular complexity index is 1250. The minimum absolute atomic E-state index is 0.143. The molecular formula is C26H23FN2O3. The average Bonchev–Trinajstić information content (AvgIpc) is 3.01. The van der Waals surface area contributed by atoms with Gasteiger partial charge in [0, 0.05) is 16.8 Å². The van der Waals surface area contributed by atoms with E-state index in [9.17, 15) is 14.0 Å². The summed E-state index contributed by atoms with van der Waals surface area (Å²) in [6.07, 6.45) is 0. The molecule has 6 heteroatoms. The van der Waals surface area contributed by atoms with Crippen molar-refractivity contribution in [3.8, 4) is 5.75 Å². The number of benzene rings is 3. The zero-order valence-electron chi connectivity index (χ0n) is 18.1. The second kappa shape index (κ2) is 8.67. The number of aryl methyl sites for hydroxylation is 2. The fraction of sp³-hybridized carbons (Fsp3) is 0.154. The van der Waals surface area contributed by atoms with E-state index in [1.165, 1.54) is 13.2 Å². The number of nitrogens with one attached hydrogen (secondary N) is 1. The molecule has 0 bridgehead atoms. The van der Waals surface area contributed by atoms with E-state index in [2.05, 4.69) is 5.32 Å². The maximum absolute atomic E-state index is 14.3. The first-order valence-electron chi connectivity index (χ1n) is 10.2. The summed E-state index contributed by atoms with van der Waals surface area (Å²) in [6, 6.07) is 19.0. The molecule has 0 aromatic heterocycles. The summed E-state index contributed by atoms with van der Waals surface area (Å²) in [4.78, 5) is 28.0. The maximum atomic E-state index is 14.3. The molecule has 3 aromatic rings. The second-order valence-electron chi connectivity index (χ2n) is 7.68. The predicted octanol–water partition coefficient (Wildman–Crippen LogP) is 4.84. The third-order valence-electron chi connectivity index (χ3n) is 5.48. The summed E-state index contributed by atoms with van der Waals surface area (Å²) in [5.41, 5.74) is 3.77. The number of halogens is 1. The fourth-order valence-electron chi connectivity index (χ4n) is 3.74. The smallest absolute Gasteiger partial charge is 0.278 e. The van der Waals surface area contributed by atoms with Crippen molar-refractivity contribution in [3.63, 3.8) is 0 Å². The molecule has 2 amide bonds. The maximum Gasteiger partial charge on any atom is 0.278 e. The number of anilines is 1. The predicted molar refractivity (Wildman–Crippen MR) is 121 cm³/mol. The number of methoxy groups -OCH3 is 1. The van der Waals surface area contributed by atoms with Gasteiger partial charge in [0.1, 0.15) is 17.3 Å². The van der Waals surface area contributed by atoms with E-state index in [1.807, 2.05) is 32.0 Å². The summed E-state index contributed by atoms with van der Waals surface area (Å²) in [6.45, 7) is 3.71. The van der Waals surface area contributed by atoms with E-state index >= 15 is 0 Å². The highest BCUT2D eigenvalue weighted by atomic mass is 19.1. The van der Waals surface area contributed by atoms with Crippen LogP contribution < -0.4 is 10.1 Å². The molecule has 1 aliphatic rings. The molecule has 1 aliphatic heterocycles. The second-order valence-corrected chi connectivity index (χ2v) is 7.68. The Morgan fingerprint density at radius 2 is 1.66 bits per heavy atom. The van der Waals surface area contributed by atoms with E-state index in [0.29, 0.717) is 11.3 Å². The van der Waals surface area contributed by atoms with Crippen LogP contribution in [0.4, 0.5) is 10.1 Å². The Balaban J connectivity index is 1.82. The van der Waals surface area contributed by atoms with Gasteiger partial charge in [0.2, 0.25) is 0 Å². The molecule has 0 spiro atoms. The van der Waals surface area contributed by atoms with Gasteiger partial charge in [0.15, 0.2) is 0 Å².